The summed E-state index contributed by atoms with van der Waals surface area (Å²) in [6.45, 7) is 2.72. The second kappa shape index (κ2) is 7.48. The first-order valence-electron chi connectivity index (χ1n) is 6.19. The highest BCUT2D eigenvalue weighted by atomic mass is 35.5. The summed E-state index contributed by atoms with van der Waals surface area (Å²) in [5.74, 6) is 0.206. The van der Waals surface area contributed by atoms with E-state index in [0.29, 0.717) is 23.0 Å². The smallest absolute Gasteiger partial charge is 0.147 e. The van der Waals surface area contributed by atoms with E-state index in [1.54, 1.807) is 6.07 Å². The minimum Gasteiger partial charge on any atom is -0.310 e. The zero-order valence-electron chi connectivity index (χ0n) is 11.1. The highest BCUT2D eigenvalue weighted by Gasteiger charge is 2.10. The molecule has 0 heterocycles. The van der Waals surface area contributed by atoms with Gasteiger partial charge in [0.25, 0.3) is 0 Å². The van der Waals surface area contributed by atoms with Crippen LogP contribution in [0, 0.1) is 0 Å². The zero-order valence-corrected chi connectivity index (χ0v) is 13.4. The highest BCUT2D eigenvalue weighted by Crippen LogP contribution is 2.26. The molecule has 0 radical (unpaired) electrons. The molecular formula is C13H19Cl2NO2S. The molecule has 0 saturated carbocycles. The number of nitrogens with one attached hydrogen (secondary N) is 1. The summed E-state index contributed by atoms with van der Waals surface area (Å²) in [5.41, 5.74) is 1.07. The minimum atomic E-state index is -2.88. The van der Waals surface area contributed by atoms with Crippen molar-refractivity contribution in [1.29, 1.82) is 0 Å². The Balaban J connectivity index is 2.56. The van der Waals surface area contributed by atoms with Crippen molar-refractivity contribution in [3.05, 3.63) is 33.8 Å². The molecule has 1 rings (SSSR count). The average Bonchev–Trinajstić information content (AvgIpc) is 2.32. The Morgan fingerprint density at radius 1 is 1.26 bits per heavy atom. The van der Waals surface area contributed by atoms with Gasteiger partial charge in [0, 0.05) is 12.3 Å². The molecule has 0 saturated heterocycles. The molecule has 1 aromatic rings. The van der Waals surface area contributed by atoms with Crippen LogP contribution in [0.5, 0.6) is 0 Å². The van der Waals surface area contributed by atoms with E-state index < -0.39 is 9.84 Å². The van der Waals surface area contributed by atoms with E-state index in [9.17, 15) is 8.42 Å². The number of hydrogen-bond donors (Lipinski definition) is 1. The zero-order chi connectivity index (χ0) is 14.5. The van der Waals surface area contributed by atoms with Gasteiger partial charge in [-0.05, 0) is 37.1 Å². The van der Waals surface area contributed by atoms with Crippen LogP contribution in [-0.2, 0) is 9.84 Å². The normalized spacial score (nSPS) is 13.5. The van der Waals surface area contributed by atoms with Gasteiger partial charge in [-0.25, -0.2) is 8.42 Å². The van der Waals surface area contributed by atoms with Crippen molar-refractivity contribution in [2.75, 3.05) is 18.6 Å². The van der Waals surface area contributed by atoms with Gasteiger partial charge in [0.15, 0.2) is 0 Å². The topological polar surface area (TPSA) is 46.2 Å². The lowest BCUT2D eigenvalue weighted by Gasteiger charge is -2.18. The van der Waals surface area contributed by atoms with Crippen LogP contribution in [0.25, 0.3) is 0 Å². The number of halogens is 2. The average molecular weight is 324 g/mol. The summed E-state index contributed by atoms with van der Waals surface area (Å²) in [6.07, 6.45) is 2.76. The highest BCUT2D eigenvalue weighted by molar-refractivity contribution is 7.90. The Kier molecular flexibility index (Phi) is 6.60. The summed E-state index contributed by atoms with van der Waals surface area (Å²) >= 11 is 11.9. The van der Waals surface area contributed by atoms with Crippen LogP contribution in [0.3, 0.4) is 0 Å². The standard InChI is InChI=1S/C13H19Cl2NO2S/c1-3-13(16-7-4-8-19(2,17)18)10-5-6-11(14)12(15)9-10/h5-6,9,13,16H,3-4,7-8H2,1-2H3. The van der Waals surface area contributed by atoms with E-state index in [0.717, 1.165) is 12.0 Å². The molecule has 19 heavy (non-hydrogen) atoms. The molecule has 1 aromatic carbocycles. The molecule has 1 atom stereocenters. The molecule has 0 aliphatic heterocycles. The van der Waals surface area contributed by atoms with Crippen LogP contribution in [0.2, 0.25) is 10.0 Å². The van der Waals surface area contributed by atoms with E-state index in [2.05, 4.69) is 12.2 Å². The third kappa shape index (κ3) is 6.13. The van der Waals surface area contributed by atoms with Crippen LogP contribution in [0.15, 0.2) is 18.2 Å². The van der Waals surface area contributed by atoms with Gasteiger partial charge in [0.1, 0.15) is 9.84 Å². The van der Waals surface area contributed by atoms with Crippen molar-refractivity contribution in [3.8, 4) is 0 Å². The van der Waals surface area contributed by atoms with E-state index in [4.69, 9.17) is 23.2 Å². The molecule has 6 heteroatoms. The first-order chi connectivity index (χ1) is 8.83. The molecule has 0 bridgehead atoms. The molecule has 0 spiro atoms. The maximum atomic E-state index is 11.0. The quantitative estimate of drug-likeness (QED) is 0.781. The molecule has 0 aliphatic carbocycles. The molecule has 0 aromatic heterocycles. The number of sulfone groups is 1. The van der Waals surface area contributed by atoms with Gasteiger partial charge in [-0.2, -0.15) is 0 Å². The van der Waals surface area contributed by atoms with E-state index in [-0.39, 0.29) is 11.8 Å². The third-order valence-electron chi connectivity index (χ3n) is 2.84. The van der Waals surface area contributed by atoms with Crippen LogP contribution in [0.4, 0.5) is 0 Å². The summed E-state index contributed by atoms with van der Waals surface area (Å²) < 4.78 is 22.1. The molecule has 108 valence electrons. The monoisotopic (exact) mass is 323 g/mol. The minimum absolute atomic E-state index is 0.161. The number of benzene rings is 1. The summed E-state index contributed by atoms with van der Waals surface area (Å²) in [4.78, 5) is 0. The number of hydrogen-bond acceptors (Lipinski definition) is 3. The summed E-state index contributed by atoms with van der Waals surface area (Å²) in [5, 5.41) is 4.42. The van der Waals surface area contributed by atoms with Crippen molar-refractivity contribution in [2.24, 2.45) is 0 Å². The van der Waals surface area contributed by atoms with Crippen molar-refractivity contribution in [3.63, 3.8) is 0 Å². The maximum Gasteiger partial charge on any atom is 0.147 e. The third-order valence-corrected chi connectivity index (χ3v) is 4.61. The van der Waals surface area contributed by atoms with Crippen molar-refractivity contribution in [2.45, 2.75) is 25.8 Å². The Bertz CT molecular complexity index is 517. The number of rotatable bonds is 7. The van der Waals surface area contributed by atoms with E-state index >= 15 is 0 Å². The molecule has 1 N–H and O–H groups in total. The van der Waals surface area contributed by atoms with Gasteiger partial charge < -0.3 is 5.32 Å². The van der Waals surface area contributed by atoms with Crippen LogP contribution in [0.1, 0.15) is 31.4 Å². The summed E-state index contributed by atoms with van der Waals surface area (Å²) in [6, 6.07) is 5.72. The SMILES string of the molecule is CCC(NCCCS(C)(=O)=O)c1ccc(Cl)c(Cl)c1. The Morgan fingerprint density at radius 3 is 2.47 bits per heavy atom. The van der Waals surface area contributed by atoms with Crippen molar-refractivity contribution >= 4 is 33.0 Å². The molecule has 1 unspecified atom stereocenters. The van der Waals surface area contributed by atoms with Gasteiger partial charge in [-0.1, -0.05) is 36.2 Å². The fourth-order valence-corrected chi connectivity index (χ4v) is 2.81. The molecule has 0 aliphatic rings. The van der Waals surface area contributed by atoms with Gasteiger partial charge in [0.2, 0.25) is 0 Å². The molecule has 3 nitrogen and oxygen atoms in total. The first kappa shape index (κ1) is 16.8. The van der Waals surface area contributed by atoms with Crippen LogP contribution < -0.4 is 5.32 Å². The van der Waals surface area contributed by atoms with Gasteiger partial charge in [-0.3, -0.25) is 0 Å². The van der Waals surface area contributed by atoms with Gasteiger partial charge >= 0.3 is 0 Å². The Morgan fingerprint density at radius 2 is 1.95 bits per heavy atom. The first-order valence-corrected chi connectivity index (χ1v) is 9.01. The maximum absolute atomic E-state index is 11.0. The Labute approximate surface area is 125 Å². The lowest BCUT2D eigenvalue weighted by molar-refractivity contribution is 0.516. The van der Waals surface area contributed by atoms with E-state index in [1.165, 1.54) is 6.26 Å². The summed E-state index contributed by atoms with van der Waals surface area (Å²) in [7, 11) is -2.88. The van der Waals surface area contributed by atoms with Crippen molar-refractivity contribution < 1.29 is 8.42 Å². The largest absolute Gasteiger partial charge is 0.310 e. The predicted molar refractivity (Wildman–Crippen MR) is 81.8 cm³/mol. The Hall–Kier alpha value is -0.290. The lowest BCUT2D eigenvalue weighted by atomic mass is 10.0. The second-order valence-electron chi connectivity index (χ2n) is 4.57. The molecular weight excluding hydrogens is 305 g/mol. The van der Waals surface area contributed by atoms with Crippen molar-refractivity contribution in [1.82, 2.24) is 5.32 Å². The van der Waals surface area contributed by atoms with Crippen LogP contribution >= 0.6 is 23.2 Å². The van der Waals surface area contributed by atoms with E-state index in [1.807, 2.05) is 12.1 Å². The lowest BCUT2D eigenvalue weighted by Crippen LogP contribution is -2.23. The van der Waals surface area contributed by atoms with Gasteiger partial charge in [-0.15, -0.1) is 0 Å². The van der Waals surface area contributed by atoms with Crippen LogP contribution in [-0.4, -0.2) is 27.0 Å². The molecule has 0 fully saturated rings. The fraction of sp³-hybridized carbons (Fsp3) is 0.538. The molecule has 0 amide bonds. The second-order valence-corrected chi connectivity index (χ2v) is 7.65. The predicted octanol–water partition coefficient (Wildman–Crippen LogP) is 3.47. The fourth-order valence-electron chi connectivity index (χ4n) is 1.84. The van der Waals surface area contributed by atoms with Gasteiger partial charge in [0.05, 0.1) is 15.8 Å².